The Bertz CT molecular complexity index is 1450. The van der Waals surface area contributed by atoms with Crippen LogP contribution in [0.3, 0.4) is 0 Å². The molecule has 0 radical (unpaired) electrons. The largest absolute Gasteiger partial charge is 0.455 e. The normalized spacial score (nSPS) is 25.4. The van der Waals surface area contributed by atoms with Crippen molar-refractivity contribution < 1.29 is 33.8 Å². The Labute approximate surface area is 267 Å². The van der Waals surface area contributed by atoms with Crippen LogP contribution in [0, 0.1) is 11.8 Å². The fourth-order valence-corrected chi connectivity index (χ4v) is 7.18. The minimum atomic E-state index is -1.29. The number of allylic oxidation sites excluding steroid dienone is 1. The van der Waals surface area contributed by atoms with Gasteiger partial charge in [0.15, 0.2) is 0 Å². The van der Waals surface area contributed by atoms with Crippen molar-refractivity contribution in [3.8, 4) is 0 Å². The van der Waals surface area contributed by atoms with Crippen LogP contribution in [0.2, 0.25) is 5.02 Å². The number of β-amino-alcohol motifs (C(OH)–C–C–N with tert-alkyl or cyclic N) is 1. The zero-order chi connectivity index (χ0) is 32.1. The van der Waals surface area contributed by atoms with E-state index < -0.39 is 53.5 Å². The van der Waals surface area contributed by atoms with E-state index in [9.17, 15) is 24.3 Å². The summed E-state index contributed by atoms with van der Waals surface area (Å²) in [6.45, 7) is 7.10. The number of rotatable bonds is 14. The lowest BCUT2D eigenvalue weighted by molar-refractivity contribution is -0.160. The van der Waals surface area contributed by atoms with Crippen LogP contribution >= 0.6 is 11.6 Å². The number of carbonyl (C=O) groups excluding carboxylic acids is 4. The lowest BCUT2D eigenvalue weighted by atomic mass is 9.70. The molecule has 45 heavy (non-hydrogen) atoms. The van der Waals surface area contributed by atoms with E-state index in [-0.39, 0.29) is 38.6 Å². The predicted octanol–water partition coefficient (Wildman–Crippen LogP) is 3.59. The van der Waals surface area contributed by atoms with Gasteiger partial charge in [-0.25, -0.2) is 0 Å². The molecule has 11 heteroatoms. The Balaban J connectivity index is 1.44. The monoisotopic (exact) mass is 635 g/mol. The van der Waals surface area contributed by atoms with E-state index in [0.717, 1.165) is 0 Å². The summed E-state index contributed by atoms with van der Waals surface area (Å²) in [7, 11) is 0. The molecule has 10 nitrogen and oxygen atoms in total. The summed E-state index contributed by atoms with van der Waals surface area (Å²) in [5, 5.41) is 13.1. The number of aliphatic hydroxyl groups excluding tert-OH is 1. The lowest BCUT2D eigenvalue weighted by Crippen LogP contribution is -2.57. The molecule has 238 valence electrons. The molecule has 3 aliphatic heterocycles. The van der Waals surface area contributed by atoms with E-state index in [1.807, 2.05) is 18.2 Å². The predicted molar refractivity (Wildman–Crippen MR) is 168 cm³/mol. The zero-order valence-corrected chi connectivity index (χ0v) is 25.7. The average molecular weight is 636 g/mol. The Morgan fingerprint density at radius 2 is 1.89 bits per heavy atom. The molecule has 3 fully saturated rings. The summed E-state index contributed by atoms with van der Waals surface area (Å²) in [5.74, 6) is -3.69. The Morgan fingerprint density at radius 3 is 2.58 bits per heavy atom. The molecular weight excluding hydrogens is 598 g/mol. The number of likely N-dealkylation sites (tertiary alicyclic amines) is 1. The summed E-state index contributed by atoms with van der Waals surface area (Å²) >= 11 is 6.48. The van der Waals surface area contributed by atoms with Gasteiger partial charge in [0, 0.05) is 19.5 Å². The summed E-state index contributed by atoms with van der Waals surface area (Å²) < 4.78 is 12.5. The topological polar surface area (TPSA) is 125 Å². The molecule has 2 aromatic rings. The minimum absolute atomic E-state index is 0.0415. The molecule has 2 N–H and O–H groups in total. The molecule has 0 saturated carbocycles. The van der Waals surface area contributed by atoms with Crippen LogP contribution in [0.15, 0.2) is 79.9 Å². The molecule has 2 aromatic carbocycles. The second-order valence-electron chi connectivity index (χ2n) is 11.5. The maximum Gasteiger partial charge on any atom is 0.313 e. The van der Waals surface area contributed by atoms with Crippen LogP contribution in [0.25, 0.3) is 0 Å². The van der Waals surface area contributed by atoms with Crippen LogP contribution < -0.4 is 10.2 Å². The van der Waals surface area contributed by atoms with Crippen LogP contribution in [-0.4, -0.2) is 77.7 Å². The molecule has 1 spiro atoms. The zero-order valence-electron chi connectivity index (χ0n) is 25.0. The van der Waals surface area contributed by atoms with Crippen molar-refractivity contribution in [2.24, 2.45) is 11.8 Å². The van der Waals surface area contributed by atoms with Gasteiger partial charge in [0.05, 0.1) is 41.8 Å². The molecular formula is C34H38ClN3O7. The molecule has 5 rings (SSSR count). The number of carbonyl (C=O) groups is 4. The molecule has 3 amide bonds. The van der Waals surface area contributed by atoms with E-state index in [1.54, 1.807) is 48.6 Å². The second kappa shape index (κ2) is 14.0. The maximum atomic E-state index is 14.4. The van der Waals surface area contributed by atoms with Crippen molar-refractivity contribution in [3.05, 3.63) is 90.5 Å². The third kappa shape index (κ3) is 6.14. The number of hydrogen-bond donors (Lipinski definition) is 2. The first-order valence-electron chi connectivity index (χ1n) is 15.2. The number of hydrogen-bond acceptors (Lipinski definition) is 7. The summed E-state index contributed by atoms with van der Waals surface area (Å²) in [6, 6.07) is 14.8. The number of esters is 1. The van der Waals surface area contributed by atoms with E-state index in [1.165, 1.54) is 9.80 Å². The number of aliphatic hydroxyl groups is 1. The molecule has 3 aliphatic rings. The smallest absolute Gasteiger partial charge is 0.313 e. The van der Waals surface area contributed by atoms with Gasteiger partial charge in [0.2, 0.25) is 11.8 Å². The van der Waals surface area contributed by atoms with Crippen LogP contribution in [0.5, 0.6) is 0 Å². The maximum absolute atomic E-state index is 14.4. The fraction of sp³-hybridized carbons (Fsp3) is 0.412. The molecule has 0 aliphatic carbocycles. The van der Waals surface area contributed by atoms with E-state index >= 15 is 0 Å². The van der Waals surface area contributed by atoms with Gasteiger partial charge < -0.3 is 29.7 Å². The lowest BCUT2D eigenvalue weighted by Gasteiger charge is -2.36. The first-order valence-corrected chi connectivity index (χ1v) is 15.5. The quantitative estimate of drug-likeness (QED) is 0.240. The molecule has 6 atom stereocenters. The highest BCUT2D eigenvalue weighted by Gasteiger charge is 2.75. The van der Waals surface area contributed by atoms with E-state index in [0.29, 0.717) is 35.5 Å². The van der Waals surface area contributed by atoms with Crippen molar-refractivity contribution >= 4 is 41.0 Å². The molecule has 0 unspecified atom stereocenters. The first-order chi connectivity index (χ1) is 21.8. The standard InChI is InChI=1S/C34H38ClN3O7/c1-3-5-15-27(40)36-21-26(22-11-7-6-8-12-22)44-33(43)28-25-16-17-34(45-25)29(28)31(41)38(19-20-39)30(34)32(42)37(18-4-2)24-14-10-9-13-23(24)35/h3-4,6-14,25-26,28-30,39H,1-2,5,15-21H2,(H,36,40)/t25-,26+,28+,29+,30-,34+/m1/s1. The number of anilines is 1. The molecule has 3 saturated heterocycles. The number of para-hydroxylation sites is 1. The van der Waals surface area contributed by atoms with Crippen molar-refractivity contribution in [2.75, 3.05) is 31.1 Å². The summed E-state index contributed by atoms with van der Waals surface area (Å²) in [4.78, 5) is 57.6. The number of nitrogens with one attached hydrogen (secondary N) is 1. The number of amides is 3. The van der Waals surface area contributed by atoms with Crippen LogP contribution in [0.1, 0.15) is 37.4 Å². The Hall–Kier alpha value is -3.99. The van der Waals surface area contributed by atoms with Crippen molar-refractivity contribution in [1.82, 2.24) is 10.2 Å². The van der Waals surface area contributed by atoms with Crippen LogP contribution in [0.4, 0.5) is 5.69 Å². The Morgan fingerprint density at radius 1 is 1.16 bits per heavy atom. The molecule has 2 bridgehead atoms. The highest BCUT2D eigenvalue weighted by molar-refractivity contribution is 6.34. The van der Waals surface area contributed by atoms with Gasteiger partial charge >= 0.3 is 5.97 Å². The minimum Gasteiger partial charge on any atom is -0.455 e. The van der Waals surface area contributed by atoms with Gasteiger partial charge in [-0.05, 0) is 37.0 Å². The average Bonchev–Trinajstić information content (AvgIpc) is 3.69. The van der Waals surface area contributed by atoms with Crippen LogP contribution in [-0.2, 0) is 28.7 Å². The van der Waals surface area contributed by atoms with E-state index in [4.69, 9.17) is 21.1 Å². The summed E-state index contributed by atoms with van der Waals surface area (Å²) in [6.07, 6.45) is 3.36. The van der Waals surface area contributed by atoms with Gasteiger partial charge in [-0.1, -0.05) is 66.2 Å². The van der Waals surface area contributed by atoms with Gasteiger partial charge in [0.1, 0.15) is 17.7 Å². The van der Waals surface area contributed by atoms with E-state index in [2.05, 4.69) is 18.5 Å². The van der Waals surface area contributed by atoms with Gasteiger partial charge in [-0.2, -0.15) is 0 Å². The number of nitrogens with zero attached hydrogens (tertiary/aromatic N) is 2. The van der Waals surface area contributed by atoms with Gasteiger partial charge in [-0.15, -0.1) is 13.2 Å². The second-order valence-corrected chi connectivity index (χ2v) is 11.9. The third-order valence-electron chi connectivity index (χ3n) is 8.86. The number of benzene rings is 2. The highest BCUT2D eigenvalue weighted by Crippen LogP contribution is 2.59. The Kier molecular flexibility index (Phi) is 10.1. The number of fused-ring (bicyclic) bond motifs is 1. The van der Waals surface area contributed by atoms with Crippen molar-refractivity contribution in [3.63, 3.8) is 0 Å². The van der Waals surface area contributed by atoms with Crippen molar-refractivity contribution in [1.29, 1.82) is 0 Å². The number of halogens is 1. The first kappa shape index (κ1) is 32.4. The van der Waals surface area contributed by atoms with Gasteiger partial charge in [0.25, 0.3) is 5.91 Å². The molecule has 3 heterocycles. The fourth-order valence-electron chi connectivity index (χ4n) is 6.95. The third-order valence-corrected chi connectivity index (χ3v) is 9.18. The van der Waals surface area contributed by atoms with Crippen molar-refractivity contribution in [2.45, 2.75) is 49.5 Å². The highest BCUT2D eigenvalue weighted by atomic mass is 35.5. The summed E-state index contributed by atoms with van der Waals surface area (Å²) in [5.41, 5.74) is -0.162. The SMILES string of the molecule is C=CCCC(=O)NC[C@H](OC(=O)[C@@H]1[C@H]2C(=O)N(CCO)[C@H](C(=O)N(CC=C)c3ccccc3Cl)[C@]23CC[C@H]1O3)c1ccccc1. The molecule has 0 aromatic heterocycles. The number of ether oxygens (including phenoxy) is 2. The van der Waals surface area contributed by atoms with Gasteiger partial charge in [-0.3, -0.25) is 19.2 Å².